The molecule has 0 aromatic heterocycles. The molecule has 0 aromatic rings. The molecule has 1 saturated heterocycles. The summed E-state index contributed by atoms with van der Waals surface area (Å²) in [5.74, 6) is 0.884. The maximum atomic E-state index is 11.7. The number of nitrogens with one attached hydrogen (secondary N) is 1. The molecule has 1 rings (SSSR count). The third-order valence-electron chi connectivity index (χ3n) is 3.56. The van der Waals surface area contributed by atoms with Gasteiger partial charge in [-0.25, -0.2) is 0 Å². The van der Waals surface area contributed by atoms with E-state index in [-0.39, 0.29) is 11.3 Å². The van der Waals surface area contributed by atoms with E-state index in [0.29, 0.717) is 13.0 Å². The van der Waals surface area contributed by atoms with Crippen molar-refractivity contribution in [3.8, 4) is 0 Å². The van der Waals surface area contributed by atoms with Crippen LogP contribution in [0.1, 0.15) is 33.1 Å². The number of rotatable bonds is 6. The fourth-order valence-electron chi connectivity index (χ4n) is 2.25. The van der Waals surface area contributed by atoms with Gasteiger partial charge in [-0.15, -0.1) is 0 Å². The zero-order valence-electron chi connectivity index (χ0n) is 11.5. The molecule has 4 nitrogen and oxygen atoms in total. The van der Waals surface area contributed by atoms with Crippen LogP contribution < -0.4 is 11.1 Å². The number of likely N-dealkylation sites (tertiary alicyclic amines) is 1. The van der Waals surface area contributed by atoms with Gasteiger partial charge in [0.2, 0.25) is 5.91 Å². The van der Waals surface area contributed by atoms with Gasteiger partial charge in [-0.05, 0) is 44.3 Å². The number of nitrogens with two attached hydrogens (primary N) is 1. The zero-order valence-corrected chi connectivity index (χ0v) is 11.5. The molecule has 1 atom stereocenters. The molecule has 0 spiro atoms. The molecule has 1 aliphatic rings. The fraction of sp³-hybridized carbons (Fsp3) is 0.923. The van der Waals surface area contributed by atoms with E-state index in [1.807, 2.05) is 13.8 Å². The Labute approximate surface area is 105 Å². The monoisotopic (exact) mass is 241 g/mol. The molecule has 0 aliphatic carbocycles. The van der Waals surface area contributed by atoms with Crippen LogP contribution in [-0.4, -0.2) is 44.0 Å². The highest BCUT2D eigenvalue weighted by Gasteiger charge is 2.21. The van der Waals surface area contributed by atoms with Crippen LogP contribution in [0.5, 0.6) is 0 Å². The van der Waals surface area contributed by atoms with Gasteiger partial charge in [-0.3, -0.25) is 4.79 Å². The Morgan fingerprint density at radius 2 is 2.24 bits per heavy atom. The van der Waals surface area contributed by atoms with Crippen LogP contribution in [0.4, 0.5) is 0 Å². The van der Waals surface area contributed by atoms with Gasteiger partial charge in [0, 0.05) is 19.5 Å². The summed E-state index contributed by atoms with van der Waals surface area (Å²) < 4.78 is 0. The van der Waals surface area contributed by atoms with Crippen molar-refractivity contribution in [3.63, 3.8) is 0 Å². The Kier molecular flexibility index (Phi) is 5.40. The smallest absolute Gasteiger partial charge is 0.220 e. The van der Waals surface area contributed by atoms with Crippen LogP contribution in [0.2, 0.25) is 0 Å². The standard InChI is InChI=1S/C13H27N3O/c1-13(2,10-14)8-12(17)15-6-4-11-5-7-16(3)9-11/h11H,4-10,14H2,1-3H3,(H,15,17). The van der Waals surface area contributed by atoms with Gasteiger partial charge in [-0.1, -0.05) is 13.8 Å². The summed E-state index contributed by atoms with van der Waals surface area (Å²) in [5.41, 5.74) is 5.53. The topological polar surface area (TPSA) is 58.4 Å². The molecule has 1 unspecified atom stereocenters. The largest absolute Gasteiger partial charge is 0.356 e. The minimum atomic E-state index is -0.0857. The van der Waals surface area contributed by atoms with Crippen LogP contribution in [0, 0.1) is 11.3 Å². The van der Waals surface area contributed by atoms with Crippen molar-refractivity contribution in [2.24, 2.45) is 17.1 Å². The number of hydrogen-bond donors (Lipinski definition) is 2. The summed E-state index contributed by atoms with van der Waals surface area (Å²) in [5, 5.41) is 3.00. The molecular formula is C13H27N3O. The third-order valence-corrected chi connectivity index (χ3v) is 3.56. The fourth-order valence-corrected chi connectivity index (χ4v) is 2.25. The molecule has 1 aliphatic heterocycles. The summed E-state index contributed by atoms with van der Waals surface area (Å²) >= 11 is 0. The number of amides is 1. The Bertz CT molecular complexity index is 253. The molecular weight excluding hydrogens is 214 g/mol. The lowest BCUT2D eigenvalue weighted by atomic mass is 9.89. The molecule has 0 saturated carbocycles. The predicted octanol–water partition coefficient (Wildman–Crippen LogP) is 0.819. The lowest BCUT2D eigenvalue weighted by Gasteiger charge is -2.21. The highest BCUT2D eigenvalue weighted by molar-refractivity contribution is 5.76. The lowest BCUT2D eigenvalue weighted by Crippen LogP contribution is -2.34. The molecule has 1 heterocycles. The van der Waals surface area contributed by atoms with E-state index in [1.54, 1.807) is 0 Å². The SMILES string of the molecule is CN1CCC(CCNC(=O)CC(C)(C)CN)C1. The highest BCUT2D eigenvalue weighted by Crippen LogP contribution is 2.19. The van der Waals surface area contributed by atoms with Crippen LogP contribution >= 0.6 is 0 Å². The summed E-state index contributed by atoms with van der Waals surface area (Å²) in [6.45, 7) is 7.77. The zero-order chi connectivity index (χ0) is 12.9. The molecule has 17 heavy (non-hydrogen) atoms. The van der Waals surface area contributed by atoms with Crippen molar-refractivity contribution in [1.29, 1.82) is 0 Å². The molecule has 4 heteroatoms. The third kappa shape index (κ3) is 5.50. The van der Waals surface area contributed by atoms with Crippen molar-refractivity contribution in [2.75, 3.05) is 33.2 Å². The highest BCUT2D eigenvalue weighted by atomic mass is 16.1. The molecule has 0 radical (unpaired) electrons. The summed E-state index contributed by atoms with van der Waals surface area (Å²) in [7, 11) is 2.16. The van der Waals surface area contributed by atoms with Gasteiger partial charge in [0.1, 0.15) is 0 Å². The molecule has 3 N–H and O–H groups in total. The lowest BCUT2D eigenvalue weighted by molar-refractivity contribution is -0.122. The van der Waals surface area contributed by atoms with Gasteiger partial charge in [0.15, 0.2) is 0 Å². The number of hydrogen-bond acceptors (Lipinski definition) is 3. The molecule has 0 aromatic carbocycles. The Morgan fingerprint density at radius 3 is 2.76 bits per heavy atom. The summed E-state index contributed by atoms with van der Waals surface area (Å²) in [6, 6.07) is 0. The first-order valence-corrected chi connectivity index (χ1v) is 6.58. The van der Waals surface area contributed by atoms with Crippen LogP contribution in [0.25, 0.3) is 0 Å². The second-order valence-corrected chi connectivity index (χ2v) is 6.10. The normalized spacial score (nSPS) is 21.8. The maximum absolute atomic E-state index is 11.7. The van der Waals surface area contributed by atoms with Crippen molar-refractivity contribution in [1.82, 2.24) is 10.2 Å². The molecule has 100 valence electrons. The second kappa shape index (κ2) is 6.36. The number of carbonyl (C=O) groups excluding carboxylic acids is 1. The minimum absolute atomic E-state index is 0.0857. The van der Waals surface area contributed by atoms with E-state index >= 15 is 0 Å². The van der Waals surface area contributed by atoms with Gasteiger partial charge in [0.25, 0.3) is 0 Å². The Morgan fingerprint density at radius 1 is 1.53 bits per heavy atom. The van der Waals surface area contributed by atoms with E-state index in [2.05, 4.69) is 17.3 Å². The molecule has 1 fully saturated rings. The molecule has 1 amide bonds. The first-order chi connectivity index (χ1) is 7.93. The van der Waals surface area contributed by atoms with Crippen LogP contribution in [0.3, 0.4) is 0 Å². The number of nitrogens with zero attached hydrogens (tertiary/aromatic N) is 1. The summed E-state index contributed by atoms with van der Waals surface area (Å²) in [6.07, 6.45) is 2.88. The van der Waals surface area contributed by atoms with Gasteiger partial charge >= 0.3 is 0 Å². The predicted molar refractivity (Wildman–Crippen MR) is 70.7 cm³/mol. The maximum Gasteiger partial charge on any atom is 0.220 e. The van der Waals surface area contributed by atoms with Crippen molar-refractivity contribution >= 4 is 5.91 Å². The van der Waals surface area contributed by atoms with E-state index in [1.165, 1.54) is 19.5 Å². The first kappa shape index (κ1) is 14.5. The average Bonchev–Trinajstić information content (AvgIpc) is 2.63. The second-order valence-electron chi connectivity index (χ2n) is 6.10. The van der Waals surface area contributed by atoms with Gasteiger partial charge in [-0.2, -0.15) is 0 Å². The molecule has 0 bridgehead atoms. The van der Waals surface area contributed by atoms with Gasteiger partial charge in [0.05, 0.1) is 0 Å². The van der Waals surface area contributed by atoms with Crippen LogP contribution in [0.15, 0.2) is 0 Å². The van der Waals surface area contributed by atoms with E-state index < -0.39 is 0 Å². The summed E-state index contributed by atoms with van der Waals surface area (Å²) in [4.78, 5) is 14.0. The Hall–Kier alpha value is -0.610. The van der Waals surface area contributed by atoms with Crippen molar-refractivity contribution < 1.29 is 4.79 Å². The quantitative estimate of drug-likeness (QED) is 0.724. The van der Waals surface area contributed by atoms with E-state index in [9.17, 15) is 4.79 Å². The number of carbonyl (C=O) groups is 1. The Balaban J connectivity index is 2.12. The van der Waals surface area contributed by atoms with E-state index in [4.69, 9.17) is 5.73 Å². The average molecular weight is 241 g/mol. The van der Waals surface area contributed by atoms with Crippen molar-refractivity contribution in [3.05, 3.63) is 0 Å². The van der Waals surface area contributed by atoms with Crippen molar-refractivity contribution in [2.45, 2.75) is 33.1 Å². The minimum Gasteiger partial charge on any atom is -0.356 e. The van der Waals surface area contributed by atoms with Gasteiger partial charge < -0.3 is 16.0 Å². The first-order valence-electron chi connectivity index (χ1n) is 6.58. The van der Waals surface area contributed by atoms with Crippen LogP contribution in [-0.2, 0) is 4.79 Å². The van der Waals surface area contributed by atoms with E-state index in [0.717, 1.165) is 18.9 Å².